The quantitative estimate of drug-likeness (QED) is 0.407. The Hall–Kier alpha value is -3.57. The molecule has 0 unspecified atom stereocenters. The minimum Gasteiger partial charge on any atom is -0.483 e. The van der Waals surface area contributed by atoms with E-state index >= 15 is 0 Å². The van der Waals surface area contributed by atoms with E-state index in [1.807, 2.05) is 44.2 Å². The average Bonchev–Trinajstić information content (AvgIpc) is 2.73. The SMILES string of the molecule is Cc1cc(Cl)ccc1OCC(=O)Nc1ccc(-c2cc3ccccc3oc2=O)c(C)c1. The van der Waals surface area contributed by atoms with Gasteiger partial charge < -0.3 is 14.5 Å². The van der Waals surface area contributed by atoms with E-state index < -0.39 is 5.63 Å². The molecular weight excluding hydrogens is 414 g/mol. The minimum atomic E-state index is -0.398. The monoisotopic (exact) mass is 433 g/mol. The molecule has 0 fully saturated rings. The normalized spacial score (nSPS) is 10.8. The summed E-state index contributed by atoms with van der Waals surface area (Å²) in [6, 6.07) is 19.8. The lowest BCUT2D eigenvalue weighted by molar-refractivity contribution is -0.118. The highest BCUT2D eigenvalue weighted by Gasteiger charge is 2.12. The van der Waals surface area contributed by atoms with Gasteiger partial charge in [0.25, 0.3) is 5.91 Å². The number of carbonyl (C=O) groups is 1. The first kappa shape index (κ1) is 20.7. The first-order valence-corrected chi connectivity index (χ1v) is 10.1. The Labute approximate surface area is 184 Å². The Morgan fingerprint density at radius 3 is 2.55 bits per heavy atom. The van der Waals surface area contributed by atoms with Gasteiger partial charge in [0.2, 0.25) is 0 Å². The van der Waals surface area contributed by atoms with Gasteiger partial charge in [-0.25, -0.2) is 4.79 Å². The fourth-order valence-corrected chi connectivity index (χ4v) is 3.64. The van der Waals surface area contributed by atoms with Gasteiger partial charge in [-0.05, 0) is 73.0 Å². The van der Waals surface area contributed by atoms with E-state index in [9.17, 15) is 9.59 Å². The number of aryl methyl sites for hydroxylation is 2. The van der Waals surface area contributed by atoms with E-state index in [0.29, 0.717) is 27.6 Å². The highest BCUT2D eigenvalue weighted by Crippen LogP contribution is 2.26. The van der Waals surface area contributed by atoms with E-state index in [0.717, 1.165) is 22.1 Å². The smallest absolute Gasteiger partial charge is 0.344 e. The molecule has 0 radical (unpaired) electrons. The molecule has 0 saturated heterocycles. The molecule has 1 N–H and O–H groups in total. The second kappa shape index (κ2) is 8.66. The third kappa shape index (κ3) is 4.62. The second-order valence-electron chi connectivity index (χ2n) is 7.26. The van der Waals surface area contributed by atoms with E-state index in [-0.39, 0.29) is 12.5 Å². The van der Waals surface area contributed by atoms with Crippen LogP contribution in [0.1, 0.15) is 11.1 Å². The maximum Gasteiger partial charge on any atom is 0.344 e. The van der Waals surface area contributed by atoms with E-state index in [1.165, 1.54) is 0 Å². The third-order valence-electron chi connectivity index (χ3n) is 4.94. The molecule has 0 saturated carbocycles. The summed E-state index contributed by atoms with van der Waals surface area (Å²) in [6.45, 7) is 3.62. The minimum absolute atomic E-state index is 0.127. The molecule has 1 aromatic heterocycles. The van der Waals surface area contributed by atoms with Gasteiger partial charge in [0.05, 0.1) is 5.56 Å². The molecule has 1 amide bonds. The zero-order valence-electron chi connectivity index (χ0n) is 17.1. The Bertz CT molecular complexity index is 1340. The molecule has 0 aliphatic heterocycles. The van der Waals surface area contributed by atoms with E-state index in [2.05, 4.69) is 5.32 Å². The van der Waals surface area contributed by atoms with Crippen LogP contribution in [0, 0.1) is 13.8 Å². The van der Waals surface area contributed by atoms with Crippen LogP contribution < -0.4 is 15.7 Å². The number of fused-ring (bicyclic) bond motifs is 1. The van der Waals surface area contributed by atoms with Crippen LogP contribution in [0.15, 0.2) is 75.9 Å². The van der Waals surface area contributed by atoms with Gasteiger partial charge in [0.1, 0.15) is 11.3 Å². The zero-order chi connectivity index (χ0) is 22.0. The predicted molar refractivity (Wildman–Crippen MR) is 123 cm³/mol. The third-order valence-corrected chi connectivity index (χ3v) is 5.17. The topological polar surface area (TPSA) is 68.5 Å². The summed E-state index contributed by atoms with van der Waals surface area (Å²) in [6.07, 6.45) is 0. The number of amides is 1. The number of para-hydroxylation sites is 1. The molecule has 4 rings (SSSR count). The predicted octanol–water partition coefficient (Wildman–Crippen LogP) is 5.75. The Morgan fingerprint density at radius 2 is 1.77 bits per heavy atom. The van der Waals surface area contributed by atoms with Crippen molar-refractivity contribution in [2.75, 3.05) is 11.9 Å². The average molecular weight is 434 g/mol. The molecule has 0 bridgehead atoms. The van der Waals surface area contributed by atoms with Gasteiger partial charge >= 0.3 is 5.63 Å². The van der Waals surface area contributed by atoms with Crippen LogP contribution in [0.2, 0.25) is 5.02 Å². The fourth-order valence-electron chi connectivity index (χ4n) is 3.41. The summed E-state index contributed by atoms with van der Waals surface area (Å²) >= 11 is 5.94. The molecule has 6 heteroatoms. The van der Waals surface area contributed by atoms with Crippen molar-refractivity contribution in [3.8, 4) is 16.9 Å². The highest BCUT2D eigenvalue weighted by molar-refractivity contribution is 6.30. The number of nitrogens with one attached hydrogen (secondary N) is 1. The first-order chi connectivity index (χ1) is 14.9. The molecular formula is C25H20ClNO4. The van der Waals surface area contributed by atoms with Gasteiger partial charge in [-0.2, -0.15) is 0 Å². The van der Waals surface area contributed by atoms with Crippen LogP contribution in [0.25, 0.3) is 22.1 Å². The van der Waals surface area contributed by atoms with E-state index in [4.69, 9.17) is 20.8 Å². The summed E-state index contributed by atoms with van der Waals surface area (Å²) < 4.78 is 11.0. The van der Waals surface area contributed by atoms with Crippen molar-refractivity contribution in [3.05, 3.63) is 93.3 Å². The number of halogens is 1. The van der Waals surface area contributed by atoms with Gasteiger partial charge in [0.15, 0.2) is 6.61 Å². The number of rotatable bonds is 5. The summed E-state index contributed by atoms with van der Waals surface area (Å²) in [5.74, 6) is 0.320. The summed E-state index contributed by atoms with van der Waals surface area (Å²) in [4.78, 5) is 24.8. The van der Waals surface area contributed by atoms with E-state index in [1.54, 1.807) is 36.4 Å². The van der Waals surface area contributed by atoms with Crippen LogP contribution in [0.5, 0.6) is 5.75 Å². The molecule has 3 aromatic carbocycles. The first-order valence-electron chi connectivity index (χ1n) is 9.73. The second-order valence-corrected chi connectivity index (χ2v) is 7.70. The summed E-state index contributed by atoms with van der Waals surface area (Å²) in [5.41, 5.74) is 3.71. The van der Waals surface area contributed by atoms with Gasteiger partial charge in [-0.15, -0.1) is 0 Å². The van der Waals surface area contributed by atoms with Crippen molar-refractivity contribution in [3.63, 3.8) is 0 Å². The van der Waals surface area contributed by atoms with Crippen molar-refractivity contribution in [2.45, 2.75) is 13.8 Å². The van der Waals surface area contributed by atoms with Crippen molar-refractivity contribution >= 4 is 34.2 Å². The number of benzene rings is 3. The number of carbonyl (C=O) groups excluding carboxylic acids is 1. The summed E-state index contributed by atoms with van der Waals surface area (Å²) in [7, 11) is 0. The number of ether oxygens (including phenoxy) is 1. The Balaban J connectivity index is 1.49. The fraction of sp³-hybridized carbons (Fsp3) is 0.120. The summed E-state index contributed by atoms with van der Waals surface area (Å²) in [5, 5.41) is 4.28. The maximum atomic E-state index is 12.5. The highest BCUT2D eigenvalue weighted by atomic mass is 35.5. The van der Waals surface area contributed by atoms with Gasteiger partial charge in [-0.3, -0.25) is 4.79 Å². The van der Waals surface area contributed by atoms with Crippen molar-refractivity contribution < 1.29 is 13.9 Å². The number of hydrogen-bond acceptors (Lipinski definition) is 4. The molecule has 4 aromatic rings. The molecule has 31 heavy (non-hydrogen) atoms. The molecule has 5 nitrogen and oxygen atoms in total. The van der Waals surface area contributed by atoms with Crippen molar-refractivity contribution in [1.82, 2.24) is 0 Å². The lowest BCUT2D eigenvalue weighted by Gasteiger charge is -2.12. The maximum absolute atomic E-state index is 12.5. The standard InChI is InChI=1S/C25H20ClNO4/c1-15-12-19(27-24(28)14-30-22-10-7-18(26)11-16(22)2)8-9-20(15)21-13-17-5-3-4-6-23(17)31-25(21)29/h3-13H,14H2,1-2H3,(H,27,28). The van der Waals surface area contributed by atoms with Crippen LogP contribution in [0.3, 0.4) is 0 Å². The van der Waals surface area contributed by atoms with Crippen LogP contribution >= 0.6 is 11.6 Å². The molecule has 156 valence electrons. The largest absolute Gasteiger partial charge is 0.483 e. The molecule has 0 atom stereocenters. The van der Waals surface area contributed by atoms with Crippen LogP contribution in [0.4, 0.5) is 5.69 Å². The van der Waals surface area contributed by atoms with Gasteiger partial charge in [-0.1, -0.05) is 35.9 Å². The van der Waals surface area contributed by atoms with Crippen LogP contribution in [-0.4, -0.2) is 12.5 Å². The molecule has 0 aliphatic rings. The number of anilines is 1. The molecule has 0 aliphatic carbocycles. The van der Waals surface area contributed by atoms with Gasteiger partial charge in [0, 0.05) is 16.1 Å². The Morgan fingerprint density at radius 1 is 0.968 bits per heavy atom. The lowest BCUT2D eigenvalue weighted by Crippen LogP contribution is -2.20. The zero-order valence-corrected chi connectivity index (χ0v) is 17.8. The van der Waals surface area contributed by atoms with Crippen molar-refractivity contribution in [2.24, 2.45) is 0 Å². The van der Waals surface area contributed by atoms with Crippen molar-refractivity contribution in [1.29, 1.82) is 0 Å². The Kier molecular flexibility index (Phi) is 5.78. The van der Waals surface area contributed by atoms with Crippen LogP contribution in [-0.2, 0) is 4.79 Å². The number of hydrogen-bond donors (Lipinski definition) is 1. The molecule has 0 spiro atoms. The molecule has 1 heterocycles. The lowest BCUT2D eigenvalue weighted by atomic mass is 10.0.